The Balaban J connectivity index is 3.07. The number of aliphatic hydroxyl groups is 1. The molecule has 0 aliphatic rings. The van der Waals surface area contributed by atoms with Crippen LogP contribution < -0.4 is 0 Å². The molecule has 1 N–H and O–H groups in total. The van der Waals surface area contributed by atoms with Crippen LogP contribution in [0.4, 0.5) is 8.78 Å². The van der Waals surface area contributed by atoms with E-state index in [1.54, 1.807) is 24.3 Å². The third-order valence-electron chi connectivity index (χ3n) is 3.48. The molecule has 1 nitrogen and oxygen atoms in total. The van der Waals surface area contributed by atoms with Crippen LogP contribution in [0.15, 0.2) is 30.3 Å². The zero-order valence-electron chi connectivity index (χ0n) is 12.3. The molecule has 0 spiro atoms. The van der Waals surface area contributed by atoms with Crippen LogP contribution in [0.5, 0.6) is 0 Å². The Labute approximate surface area is 120 Å². The lowest BCUT2D eigenvalue weighted by atomic mass is 9.92. The Kier molecular flexibility index (Phi) is 7.45. The quantitative estimate of drug-likeness (QED) is 0.647. The van der Waals surface area contributed by atoms with Crippen LogP contribution in [0.1, 0.15) is 69.6 Å². The molecule has 0 heterocycles. The predicted molar refractivity (Wildman–Crippen MR) is 79.6 cm³/mol. The molecule has 20 heavy (non-hydrogen) atoms. The van der Waals surface area contributed by atoms with Crippen molar-refractivity contribution in [2.75, 3.05) is 0 Å². The molecule has 0 amide bonds. The second kappa shape index (κ2) is 8.85. The SMILES string of the molecule is CCCCC(=C(F)F)c1ccccc1C(O)CCCC. The first-order valence-electron chi connectivity index (χ1n) is 7.43. The van der Waals surface area contributed by atoms with E-state index in [1.165, 1.54) is 0 Å². The molecule has 112 valence electrons. The number of halogens is 2. The first-order valence-corrected chi connectivity index (χ1v) is 7.43. The molecule has 3 heteroatoms. The van der Waals surface area contributed by atoms with Gasteiger partial charge in [-0.2, -0.15) is 8.78 Å². The van der Waals surface area contributed by atoms with Gasteiger partial charge in [0.05, 0.1) is 6.10 Å². The van der Waals surface area contributed by atoms with E-state index in [4.69, 9.17) is 0 Å². The van der Waals surface area contributed by atoms with E-state index >= 15 is 0 Å². The fourth-order valence-corrected chi connectivity index (χ4v) is 2.30. The highest BCUT2D eigenvalue weighted by molar-refractivity contribution is 5.69. The fraction of sp³-hybridized carbons (Fsp3) is 0.529. The van der Waals surface area contributed by atoms with Crippen molar-refractivity contribution in [3.05, 3.63) is 41.5 Å². The molecule has 1 rings (SSSR count). The van der Waals surface area contributed by atoms with Crippen LogP contribution in [0.25, 0.3) is 5.57 Å². The summed E-state index contributed by atoms with van der Waals surface area (Å²) in [6.07, 6.45) is 2.15. The topological polar surface area (TPSA) is 20.2 Å². The predicted octanol–water partition coefficient (Wildman–Crippen LogP) is 5.71. The van der Waals surface area contributed by atoms with E-state index in [9.17, 15) is 13.9 Å². The van der Waals surface area contributed by atoms with Crippen LogP contribution in [0.2, 0.25) is 0 Å². The molecule has 0 bridgehead atoms. The van der Waals surface area contributed by atoms with Gasteiger partial charge in [-0.25, -0.2) is 0 Å². The van der Waals surface area contributed by atoms with Gasteiger partial charge in [0.1, 0.15) is 0 Å². The van der Waals surface area contributed by atoms with Gasteiger partial charge < -0.3 is 5.11 Å². The highest BCUT2D eigenvalue weighted by atomic mass is 19.3. The molecule has 1 unspecified atom stereocenters. The van der Waals surface area contributed by atoms with E-state index in [1.807, 2.05) is 13.8 Å². The summed E-state index contributed by atoms with van der Waals surface area (Å²) >= 11 is 0. The first-order chi connectivity index (χ1) is 9.61. The minimum Gasteiger partial charge on any atom is -0.388 e. The van der Waals surface area contributed by atoms with E-state index in [-0.39, 0.29) is 5.57 Å². The van der Waals surface area contributed by atoms with Crippen LogP contribution in [-0.2, 0) is 0 Å². The maximum Gasteiger partial charge on any atom is 0.274 e. The molecule has 0 saturated carbocycles. The summed E-state index contributed by atoms with van der Waals surface area (Å²) in [7, 11) is 0. The second-order valence-electron chi connectivity index (χ2n) is 5.09. The van der Waals surface area contributed by atoms with Gasteiger partial charge in [0.2, 0.25) is 0 Å². The lowest BCUT2D eigenvalue weighted by molar-refractivity contribution is 0.164. The zero-order valence-corrected chi connectivity index (χ0v) is 12.3. The lowest BCUT2D eigenvalue weighted by Gasteiger charge is -2.17. The van der Waals surface area contributed by atoms with Gasteiger partial charge in [0.25, 0.3) is 6.08 Å². The van der Waals surface area contributed by atoms with Crippen LogP contribution in [0, 0.1) is 0 Å². The van der Waals surface area contributed by atoms with Gasteiger partial charge >= 0.3 is 0 Å². The third-order valence-corrected chi connectivity index (χ3v) is 3.48. The van der Waals surface area contributed by atoms with Gasteiger partial charge in [-0.15, -0.1) is 0 Å². The van der Waals surface area contributed by atoms with Crippen LogP contribution in [-0.4, -0.2) is 5.11 Å². The standard InChI is InChI=1S/C17H24F2O/c1-3-5-9-15(17(18)19)13-10-7-8-11-14(13)16(20)12-6-4-2/h7-8,10-11,16,20H,3-6,9,12H2,1-2H3. The summed E-state index contributed by atoms with van der Waals surface area (Å²) in [4.78, 5) is 0. The Hall–Kier alpha value is -1.22. The summed E-state index contributed by atoms with van der Waals surface area (Å²) in [5, 5.41) is 10.2. The molecule has 1 atom stereocenters. The van der Waals surface area contributed by atoms with Crippen molar-refractivity contribution in [3.63, 3.8) is 0 Å². The Bertz CT molecular complexity index is 436. The Morgan fingerprint density at radius 3 is 2.35 bits per heavy atom. The van der Waals surface area contributed by atoms with Gasteiger partial charge in [-0.3, -0.25) is 0 Å². The molecular formula is C17H24F2O. The minimum absolute atomic E-state index is 0.0815. The van der Waals surface area contributed by atoms with Gasteiger partial charge in [-0.1, -0.05) is 57.4 Å². The van der Waals surface area contributed by atoms with E-state index in [2.05, 4.69) is 0 Å². The molecule has 0 radical (unpaired) electrons. The van der Waals surface area contributed by atoms with E-state index in [0.29, 0.717) is 24.0 Å². The van der Waals surface area contributed by atoms with Crippen molar-refractivity contribution < 1.29 is 13.9 Å². The molecule has 0 aromatic heterocycles. The smallest absolute Gasteiger partial charge is 0.274 e. The highest BCUT2D eigenvalue weighted by Crippen LogP contribution is 2.33. The summed E-state index contributed by atoms with van der Waals surface area (Å²) in [5.74, 6) is 0. The summed E-state index contributed by atoms with van der Waals surface area (Å²) in [5.41, 5.74) is 1.21. The number of unbranched alkanes of at least 4 members (excludes halogenated alkanes) is 2. The molecule has 1 aromatic carbocycles. The number of benzene rings is 1. The van der Waals surface area contributed by atoms with Crippen LogP contribution in [0.3, 0.4) is 0 Å². The molecule has 0 aliphatic heterocycles. The average Bonchev–Trinajstić information content (AvgIpc) is 2.45. The van der Waals surface area contributed by atoms with E-state index in [0.717, 1.165) is 25.7 Å². The lowest BCUT2D eigenvalue weighted by Crippen LogP contribution is -2.02. The second-order valence-corrected chi connectivity index (χ2v) is 5.09. The average molecular weight is 282 g/mol. The van der Waals surface area contributed by atoms with Crippen molar-refractivity contribution >= 4 is 5.57 Å². The van der Waals surface area contributed by atoms with E-state index < -0.39 is 12.2 Å². The Morgan fingerprint density at radius 2 is 1.75 bits per heavy atom. The normalized spacial score (nSPS) is 12.2. The summed E-state index contributed by atoms with van der Waals surface area (Å²) in [6.45, 7) is 4.03. The Morgan fingerprint density at radius 1 is 1.10 bits per heavy atom. The highest BCUT2D eigenvalue weighted by Gasteiger charge is 2.17. The van der Waals surface area contributed by atoms with Gasteiger partial charge in [0.15, 0.2) is 0 Å². The molecular weight excluding hydrogens is 258 g/mol. The molecule has 0 fully saturated rings. The fourth-order valence-electron chi connectivity index (χ4n) is 2.30. The van der Waals surface area contributed by atoms with Gasteiger partial charge in [0, 0.05) is 5.57 Å². The number of allylic oxidation sites excluding steroid dienone is 1. The molecule has 0 saturated heterocycles. The summed E-state index contributed by atoms with van der Waals surface area (Å²) < 4.78 is 26.4. The molecule has 0 aliphatic carbocycles. The zero-order chi connectivity index (χ0) is 15.0. The van der Waals surface area contributed by atoms with Crippen molar-refractivity contribution in [1.82, 2.24) is 0 Å². The maximum absolute atomic E-state index is 13.2. The molecule has 1 aromatic rings. The summed E-state index contributed by atoms with van der Waals surface area (Å²) in [6, 6.07) is 6.99. The number of aliphatic hydroxyl groups excluding tert-OH is 1. The van der Waals surface area contributed by atoms with Crippen molar-refractivity contribution in [2.45, 2.75) is 58.5 Å². The largest absolute Gasteiger partial charge is 0.388 e. The minimum atomic E-state index is -1.63. The van der Waals surface area contributed by atoms with Crippen molar-refractivity contribution in [1.29, 1.82) is 0 Å². The number of hydrogen-bond donors (Lipinski definition) is 1. The van der Waals surface area contributed by atoms with Crippen molar-refractivity contribution in [3.8, 4) is 0 Å². The number of hydrogen-bond acceptors (Lipinski definition) is 1. The van der Waals surface area contributed by atoms with Crippen LogP contribution >= 0.6 is 0 Å². The first kappa shape index (κ1) is 16.8. The third kappa shape index (κ3) is 4.71. The van der Waals surface area contributed by atoms with Crippen molar-refractivity contribution in [2.24, 2.45) is 0 Å². The number of rotatable bonds is 8. The van der Waals surface area contributed by atoms with Gasteiger partial charge in [-0.05, 0) is 30.4 Å². The maximum atomic E-state index is 13.2. The monoisotopic (exact) mass is 282 g/mol.